The van der Waals surface area contributed by atoms with Crippen molar-refractivity contribution >= 4 is 5.78 Å². The number of unbranched alkanes of at least 4 members (excludes halogenated alkanes) is 6. The Morgan fingerprint density at radius 1 is 1.09 bits per heavy atom. The zero-order valence-electron chi connectivity index (χ0n) is 13.4. The molecule has 1 aliphatic rings. The van der Waals surface area contributed by atoms with E-state index in [1.54, 1.807) is 0 Å². The van der Waals surface area contributed by atoms with Gasteiger partial charge in [-0.2, -0.15) is 0 Å². The summed E-state index contributed by atoms with van der Waals surface area (Å²) in [5.74, 6) is -2.30. The first kappa shape index (κ1) is 19.5. The van der Waals surface area contributed by atoms with Crippen LogP contribution in [0.25, 0.3) is 0 Å². The van der Waals surface area contributed by atoms with Crippen LogP contribution >= 0.6 is 0 Å². The van der Waals surface area contributed by atoms with Crippen LogP contribution in [0.5, 0.6) is 0 Å². The lowest BCUT2D eigenvalue weighted by Crippen LogP contribution is -2.44. The second-order valence-corrected chi connectivity index (χ2v) is 6.21. The molecular weight excluding hydrogens is 288 g/mol. The molecule has 0 amide bonds. The van der Waals surface area contributed by atoms with Crippen molar-refractivity contribution in [3.8, 4) is 0 Å². The fraction of sp³-hybridized carbons (Fsp3) is 0.938. The van der Waals surface area contributed by atoms with Gasteiger partial charge < -0.3 is 25.2 Å². The van der Waals surface area contributed by atoms with Crippen LogP contribution in [0.4, 0.5) is 0 Å². The molecule has 0 aromatic heterocycles. The third-order valence-corrected chi connectivity index (χ3v) is 4.21. The summed E-state index contributed by atoms with van der Waals surface area (Å²) in [6.07, 6.45) is 3.61. The fourth-order valence-electron chi connectivity index (χ4n) is 2.81. The highest BCUT2D eigenvalue weighted by Gasteiger charge is 2.53. The van der Waals surface area contributed by atoms with E-state index in [-0.39, 0.29) is 12.2 Å². The Kier molecular flexibility index (Phi) is 8.49. The second-order valence-electron chi connectivity index (χ2n) is 6.21. The second kappa shape index (κ2) is 9.57. The maximum absolute atomic E-state index is 11.9. The summed E-state index contributed by atoms with van der Waals surface area (Å²) in [6, 6.07) is 0. The molecule has 1 aliphatic heterocycles. The van der Waals surface area contributed by atoms with Crippen molar-refractivity contribution in [3.63, 3.8) is 0 Å². The van der Waals surface area contributed by atoms with E-state index in [2.05, 4.69) is 6.92 Å². The largest absolute Gasteiger partial charge is 0.394 e. The molecule has 0 saturated carbocycles. The summed E-state index contributed by atoms with van der Waals surface area (Å²) in [7, 11) is 0. The standard InChI is InChI=1S/C16H30O6/c1-2-3-4-5-6-7-8-9-12(18)10-16(21)15(20)14(19)13(11-17)22-16/h13-15,17,19-21H,2-11H2,1H3/t13-,14+,15-,16+/m1/s1. The van der Waals surface area contributed by atoms with Gasteiger partial charge in [0.2, 0.25) is 5.79 Å². The molecule has 4 atom stereocenters. The maximum atomic E-state index is 11.9. The average molecular weight is 318 g/mol. The van der Waals surface area contributed by atoms with E-state index in [1.807, 2.05) is 0 Å². The predicted octanol–water partition coefficient (Wildman–Crippen LogP) is 0.888. The van der Waals surface area contributed by atoms with Crippen LogP contribution in [0.15, 0.2) is 0 Å². The first-order valence-electron chi connectivity index (χ1n) is 8.33. The van der Waals surface area contributed by atoms with Gasteiger partial charge >= 0.3 is 0 Å². The van der Waals surface area contributed by atoms with Crippen molar-refractivity contribution in [2.45, 2.75) is 88.8 Å². The Balaban J connectivity index is 2.24. The van der Waals surface area contributed by atoms with E-state index in [1.165, 1.54) is 25.7 Å². The van der Waals surface area contributed by atoms with E-state index in [4.69, 9.17) is 9.84 Å². The van der Waals surface area contributed by atoms with E-state index >= 15 is 0 Å². The lowest BCUT2D eigenvalue weighted by Gasteiger charge is -2.25. The minimum absolute atomic E-state index is 0.208. The molecule has 0 spiro atoms. The number of hydrogen-bond acceptors (Lipinski definition) is 6. The monoisotopic (exact) mass is 318 g/mol. The molecule has 0 aliphatic carbocycles. The van der Waals surface area contributed by atoms with Gasteiger partial charge in [-0.1, -0.05) is 45.4 Å². The Morgan fingerprint density at radius 3 is 2.23 bits per heavy atom. The van der Waals surface area contributed by atoms with Crippen LogP contribution < -0.4 is 0 Å². The Morgan fingerprint density at radius 2 is 1.68 bits per heavy atom. The Labute approximate surface area is 132 Å². The first-order valence-corrected chi connectivity index (χ1v) is 8.33. The minimum atomic E-state index is -2.09. The lowest BCUT2D eigenvalue weighted by atomic mass is 9.98. The summed E-state index contributed by atoms with van der Waals surface area (Å²) in [5, 5.41) is 38.5. The molecule has 4 N–H and O–H groups in total. The van der Waals surface area contributed by atoms with Crippen molar-refractivity contribution in [2.24, 2.45) is 0 Å². The summed E-state index contributed by atoms with van der Waals surface area (Å²) < 4.78 is 5.05. The van der Waals surface area contributed by atoms with Crippen LogP contribution in [0.1, 0.15) is 64.7 Å². The molecule has 0 aromatic rings. The van der Waals surface area contributed by atoms with Crippen LogP contribution in [0, 0.1) is 0 Å². The molecule has 22 heavy (non-hydrogen) atoms. The number of hydrogen-bond donors (Lipinski definition) is 4. The van der Waals surface area contributed by atoms with Crippen molar-refractivity contribution in [1.29, 1.82) is 0 Å². The van der Waals surface area contributed by atoms with Gasteiger partial charge in [0.25, 0.3) is 0 Å². The summed E-state index contributed by atoms with van der Waals surface area (Å²) in [5.41, 5.74) is 0. The fourth-order valence-corrected chi connectivity index (χ4v) is 2.81. The maximum Gasteiger partial charge on any atom is 0.202 e. The molecule has 1 fully saturated rings. The minimum Gasteiger partial charge on any atom is -0.394 e. The summed E-state index contributed by atoms with van der Waals surface area (Å²) in [6.45, 7) is 1.65. The topological polar surface area (TPSA) is 107 Å². The van der Waals surface area contributed by atoms with Gasteiger partial charge in [0, 0.05) is 6.42 Å². The molecule has 6 heteroatoms. The molecule has 0 aromatic carbocycles. The first-order chi connectivity index (χ1) is 10.4. The van der Waals surface area contributed by atoms with Crippen LogP contribution in [-0.4, -0.2) is 56.9 Å². The number of aliphatic hydroxyl groups is 4. The lowest BCUT2D eigenvalue weighted by molar-refractivity contribution is -0.231. The summed E-state index contributed by atoms with van der Waals surface area (Å²) in [4.78, 5) is 11.9. The normalized spacial score (nSPS) is 31.6. The number of ether oxygens (including phenoxy) is 1. The molecular formula is C16H30O6. The molecule has 0 unspecified atom stereocenters. The van der Waals surface area contributed by atoms with Gasteiger partial charge in [0.1, 0.15) is 24.1 Å². The highest BCUT2D eigenvalue weighted by Crippen LogP contribution is 2.32. The smallest absolute Gasteiger partial charge is 0.202 e. The van der Waals surface area contributed by atoms with Crippen LogP contribution in [0.3, 0.4) is 0 Å². The number of carbonyl (C=O) groups excluding carboxylic acids is 1. The van der Waals surface area contributed by atoms with Gasteiger partial charge in [-0.15, -0.1) is 0 Å². The predicted molar refractivity (Wildman–Crippen MR) is 81.2 cm³/mol. The molecule has 1 heterocycles. The zero-order valence-corrected chi connectivity index (χ0v) is 13.4. The highest BCUT2D eigenvalue weighted by atomic mass is 16.7. The average Bonchev–Trinajstić information content (AvgIpc) is 2.70. The SMILES string of the molecule is CCCCCCCCCC(=O)C[C@]1(O)O[C@H](CO)[C@H](O)[C@H]1O. The van der Waals surface area contributed by atoms with Crippen molar-refractivity contribution in [3.05, 3.63) is 0 Å². The van der Waals surface area contributed by atoms with Gasteiger partial charge in [0.15, 0.2) is 0 Å². The van der Waals surface area contributed by atoms with Crippen molar-refractivity contribution in [2.75, 3.05) is 6.61 Å². The third kappa shape index (κ3) is 5.59. The third-order valence-electron chi connectivity index (χ3n) is 4.21. The highest BCUT2D eigenvalue weighted by molar-refractivity contribution is 5.79. The number of carbonyl (C=O) groups is 1. The molecule has 130 valence electrons. The van der Waals surface area contributed by atoms with Gasteiger partial charge in [0.05, 0.1) is 13.0 Å². The molecule has 6 nitrogen and oxygen atoms in total. The van der Waals surface area contributed by atoms with Gasteiger partial charge in [-0.25, -0.2) is 0 Å². The van der Waals surface area contributed by atoms with Crippen LogP contribution in [0.2, 0.25) is 0 Å². The van der Waals surface area contributed by atoms with E-state index in [0.29, 0.717) is 6.42 Å². The van der Waals surface area contributed by atoms with Crippen molar-refractivity contribution < 1.29 is 30.0 Å². The van der Waals surface area contributed by atoms with Gasteiger partial charge in [-0.3, -0.25) is 4.79 Å². The van der Waals surface area contributed by atoms with E-state index < -0.39 is 30.7 Å². The van der Waals surface area contributed by atoms with Gasteiger partial charge in [-0.05, 0) is 6.42 Å². The molecule has 0 bridgehead atoms. The molecule has 0 radical (unpaired) electrons. The van der Waals surface area contributed by atoms with Crippen molar-refractivity contribution in [1.82, 2.24) is 0 Å². The number of ketones is 1. The Hall–Kier alpha value is -0.530. The van der Waals surface area contributed by atoms with E-state index in [9.17, 15) is 20.1 Å². The van der Waals surface area contributed by atoms with Crippen LogP contribution in [-0.2, 0) is 9.53 Å². The number of aliphatic hydroxyl groups excluding tert-OH is 3. The molecule has 1 rings (SSSR count). The Bertz CT molecular complexity index is 335. The number of rotatable bonds is 11. The summed E-state index contributed by atoms with van der Waals surface area (Å²) >= 11 is 0. The van der Waals surface area contributed by atoms with E-state index in [0.717, 1.165) is 19.3 Å². The molecule has 1 saturated heterocycles. The quantitative estimate of drug-likeness (QED) is 0.421. The zero-order chi connectivity index (χ0) is 16.6. The number of Topliss-reactive ketones (excluding diaryl/α,β-unsaturated/α-hetero) is 1.